The van der Waals surface area contributed by atoms with E-state index in [2.05, 4.69) is 28.9 Å². The molecule has 2 heterocycles. The zero-order valence-electron chi connectivity index (χ0n) is 10.6. The van der Waals surface area contributed by atoms with Gasteiger partial charge in [-0.3, -0.25) is 4.90 Å². The fraction of sp³-hybridized carbons (Fsp3) is 0.333. The smallest absolute Gasteiger partial charge is 0.159 e. The zero-order chi connectivity index (χ0) is 12.4. The van der Waals surface area contributed by atoms with E-state index in [1.54, 1.807) is 0 Å². The topological polar surface area (TPSA) is 29.0 Å². The molecule has 0 amide bonds. The largest absolute Gasteiger partial charge is 0.297 e. The van der Waals surface area contributed by atoms with Crippen molar-refractivity contribution in [1.82, 2.24) is 14.9 Å². The maximum atomic E-state index is 4.73. The Morgan fingerprint density at radius 2 is 2.06 bits per heavy atom. The molecule has 0 saturated carbocycles. The van der Waals surface area contributed by atoms with Gasteiger partial charge in [-0.2, -0.15) is 0 Å². The molecule has 0 radical (unpaired) electrons. The standard InChI is InChI=1S/C15H17N3/c1-2-18-9-8-13-10-16-15(17-14(13)11-18)12-6-4-3-5-7-12/h3-7,10H,2,8-9,11H2,1H3. The van der Waals surface area contributed by atoms with Gasteiger partial charge in [-0.15, -0.1) is 0 Å². The lowest BCUT2D eigenvalue weighted by molar-refractivity contribution is 0.263. The van der Waals surface area contributed by atoms with Crippen LogP contribution in [-0.4, -0.2) is 28.0 Å². The van der Waals surface area contributed by atoms with E-state index in [1.807, 2.05) is 24.4 Å². The summed E-state index contributed by atoms with van der Waals surface area (Å²) in [6, 6.07) is 10.2. The quantitative estimate of drug-likeness (QED) is 0.806. The third kappa shape index (κ3) is 2.14. The fourth-order valence-electron chi connectivity index (χ4n) is 2.35. The first kappa shape index (κ1) is 11.4. The molecule has 0 unspecified atom stereocenters. The average Bonchev–Trinajstić information content (AvgIpc) is 2.47. The highest BCUT2D eigenvalue weighted by Crippen LogP contribution is 2.20. The van der Waals surface area contributed by atoms with E-state index < -0.39 is 0 Å². The molecule has 1 aromatic heterocycles. The van der Waals surface area contributed by atoms with Crippen LogP contribution >= 0.6 is 0 Å². The molecule has 2 aromatic rings. The van der Waals surface area contributed by atoms with E-state index in [9.17, 15) is 0 Å². The average molecular weight is 239 g/mol. The minimum absolute atomic E-state index is 0.840. The number of fused-ring (bicyclic) bond motifs is 1. The summed E-state index contributed by atoms with van der Waals surface area (Å²) in [7, 11) is 0. The molecule has 0 atom stereocenters. The number of aromatic nitrogens is 2. The van der Waals surface area contributed by atoms with Gasteiger partial charge in [0.25, 0.3) is 0 Å². The second-order valence-corrected chi connectivity index (χ2v) is 4.65. The van der Waals surface area contributed by atoms with E-state index in [4.69, 9.17) is 4.98 Å². The molecule has 1 aromatic carbocycles. The van der Waals surface area contributed by atoms with Crippen LogP contribution in [0.15, 0.2) is 36.5 Å². The van der Waals surface area contributed by atoms with Crippen molar-refractivity contribution in [3.8, 4) is 11.4 Å². The first-order valence-corrected chi connectivity index (χ1v) is 6.49. The van der Waals surface area contributed by atoms with Crippen LogP contribution < -0.4 is 0 Å². The first-order valence-electron chi connectivity index (χ1n) is 6.49. The van der Waals surface area contributed by atoms with Crippen molar-refractivity contribution in [1.29, 1.82) is 0 Å². The summed E-state index contributed by atoms with van der Waals surface area (Å²) in [6.07, 6.45) is 3.07. The van der Waals surface area contributed by atoms with E-state index >= 15 is 0 Å². The normalized spacial score (nSPS) is 15.4. The molecule has 0 fully saturated rings. The second kappa shape index (κ2) is 4.86. The summed E-state index contributed by atoms with van der Waals surface area (Å²) >= 11 is 0. The minimum Gasteiger partial charge on any atom is -0.297 e. The van der Waals surface area contributed by atoms with Crippen LogP contribution in [0.4, 0.5) is 0 Å². The summed E-state index contributed by atoms with van der Waals surface area (Å²) in [5, 5.41) is 0. The van der Waals surface area contributed by atoms with Gasteiger partial charge in [-0.25, -0.2) is 9.97 Å². The molecule has 0 bridgehead atoms. The lowest BCUT2D eigenvalue weighted by atomic mass is 10.1. The molecule has 3 nitrogen and oxygen atoms in total. The molecule has 18 heavy (non-hydrogen) atoms. The van der Waals surface area contributed by atoms with Crippen molar-refractivity contribution in [3.63, 3.8) is 0 Å². The number of likely N-dealkylation sites (N-methyl/N-ethyl adjacent to an activating group) is 1. The van der Waals surface area contributed by atoms with E-state index in [0.29, 0.717) is 0 Å². The lowest BCUT2D eigenvalue weighted by Crippen LogP contribution is -2.31. The Balaban J connectivity index is 1.96. The maximum Gasteiger partial charge on any atom is 0.159 e. The molecular formula is C15H17N3. The minimum atomic E-state index is 0.840. The number of nitrogens with zero attached hydrogens (tertiary/aromatic N) is 3. The van der Waals surface area contributed by atoms with Crippen molar-refractivity contribution in [2.24, 2.45) is 0 Å². The van der Waals surface area contributed by atoms with Crippen molar-refractivity contribution in [3.05, 3.63) is 47.8 Å². The Hall–Kier alpha value is -1.74. The summed E-state index contributed by atoms with van der Waals surface area (Å²) in [5.41, 5.74) is 3.59. The molecule has 0 aliphatic carbocycles. The Labute approximate surface area is 108 Å². The van der Waals surface area contributed by atoms with Crippen LogP contribution in [0.25, 0.3) is 11.4 Å². The second-order valence-electron chi connectivity index (χ2n) is 4.65. The third-order valence-corrected chi connectivity index (χ3v) is 3.50. The van der Waals surface area contributed by atoms with Gasteiger partial charge in [-0.05, 0) is 18.5 Å². The first-order chi connectivity index (χ1) is 8.86. The highest BCUT2D eigenvalue weighted by atomic mass is 15.1. The molecule has 1 aliphatic heterocycles. The molecule has 0 spiro atoms. The number of hydrogen-bond donors (Lipinski definition) is 0. The van der Waals surface area contributed by atoms with E-state index in [1.165, 1.54) is 11.3 Å². The summed E-state index contributed by atoms with van der Waals surface area (Å²) in [6.45, 7) is 5.36. The van der Waals surface area contributed by atoms with Crippen LogP contribution in [-0.2, 0) is 13.0 Å². The lowest BCUT2D eigenvalue weighted by Gasteiger charge is -2.26. The highest BCUT2D eigenvalue weighted by molar-refractivity contribution is 5.54. The van der Waals surface area contributed by atoms with Crippen LogP contribution in [0.2, 0.25) is 0 Å². The summed E-state index contributed by atoms with van der Waals surface area (Å²) in [4.78, 5) is 11.6. The predicted octanol–water partition coefficient (Wildman–Crippen LogP) is 2.52. The Morgan fingerprint density at radius 1 is 1.22 bits per heavy atom. The van der Waals surface area contributed by atoms with Crippen molar-refractivity contribution >= 4 is 0 Å². The van der Waals surface area contributed by atoms with Crippen LogP contribution in [0, 0.1) is 0 Å². The van der Waals surface area contributed by atoms with Gasteiger partial charge in [0.15, 0.2) is 5.82 Å². The Kier molecular flexibility index (Phi) is 3.07. The van der Waals surface area contributed by atoms with Crippen LogP contribution in [0.1, 0.15) is 18.2 Å². The summed E-state index contributed by atoms with van der Waals surface area (Å²) in [5.74, 6) is 0.840. The third-order valence-electron chi connectivity index (χ3n) is 3.50. The van der Waals surface area contributed by atoms with Crippen molar-refractivity contribution in [2.45, 2.75) is 19.9 Å². The molecule has 3 heteroatoms. The van der Waals surface area contributed by atoms with Gasteiger partial charge < -0.3 is 0 Å². The van der Waals surface area contributed by atoms with Crippen LogP contribution in [0.5, 0.6) is 0 Å². The van der Waals surface area contributed by atoms with E-state index in [-0.39, 0.29) is 0 Å². The molecule has 1 aliphatic rings. The molecular weight excluding hydrogens is 222 g/mol. The Bertz CT molecular complexity index is 537. The fourth-order valence-corrected chi connectivity index (χ4v) is 2.35. The van der Waals surface area contributed by atoms with E-state index in [0.717, 1.165) is 37.4 Å². The zero-order valence-corrected chi connectivity index (χ0v) is 10.6. The molecule has 92 valence electrons. The predicted molar refractivity (Wildman–Crippen MR) is 72.1 cm³/mol. The number of rotatable bonds is 2. The molecule has 3 rings (SSSR count). The van der Waals surface area contributed by atoms with Crippen molar-refractivity contribution in [2.75, 3.05) is 13.1 Å². The monoisotopic (exact) mass is 239 g/mol. The summed E-state index contributed by atoms with van der Waals surface area (Å²) < 4.78 is 0. The van der Waals surface area contributed by atoms with Gasteiger partial charge in [0.2, 0.25) is 0 Å². The van der Waals surface area contributed by atoms with Gasteiger partial charge >= 0.3 is 0 Å². The highest BCUT2D eigenvalue weighted by Gasteiger charge is 2.17. The van der Waals surface area contributed by atoms with Crippen molar-refractivity contribution < 1.29 is 0 Å². The number of benzene rings is 1. The van der Waals surface area contributed by atoms with Crippen LogP contribution in [0.3, 0.4) is 0 Å². The van der Waals surface area contributed by atoms with Gasteiger partial charge in [0, 0.05) is 24.8 Å². The molecule has 0 saturated heterocycles. The SMILES string of the molecule is CCN1CCc2cnc(-c3ccccc3)nc2C1. The number of hydrogen-bond acceptors (Lipinski definition) is 3. The molecule has 0 N–H and O–H groups in total. The van der Waals surface area contributed by atoms with Gasteiger partial charge in [-0.1, -0.05) is 37.3 Å². The Morgan fingerprint density at radius 3 is 2.83 bits per heavy atom. The maximum absolute atomic E-state index is 4.73. The van der Waals surface area contributed by atoms with Gasteiger partial charge in [0.05, 0.1) is 5.69 Å². The van der Waals surface area contributed by atoms with Gasteiger partial charge in [0.1, 0.15) is 0 Å².